The minimum atomic E-state index is 0.458. The zero-order valence-corrected chi connectivity index (χ0v) is 10.9. The summed E-state index contributed by atoms with van der Waals surface area (Å²) in [6, 6.07) is 0. The SMILES string of the molecule is CCC1(CC)C2CCC(C2)C1(CC)NC. The summed E-state index contributed by atoms with van der Waals surface area (Å²) < 4.78 is 0. The first-order valence-electron chi connectivity index (χ1n) is 6.89. The molecular weight excluding hydrogens is 182 g/mol. The molecule has 0 radical (unpaired) electrons. The van der Waals surface area contributed by atoms with Gasteiger partial charge >= 0.3 is 0 Å². The van der Waals surface area contributed by atoms with Crippen LogP contribution in [0.5, 0.6) is 0 Å². The molecule has 88 valence electrons. The molecule has 0 aromatic heterocycles. The van der Waals surface area contributed by atoms with Crippen LogP contribution in [0.4, 0.5) is 0 Å². The number of hydrogen-bond acceptors (Lipinski definition) is 1. The minimum Gasteiger partial charge on any atom is -0.313 e. The van der Waals surface area contributed by atoms with Crippen LogP contribution in [0.3, 0.4) is 0 Å². The van der Waals surface area contributed by atoms with Gasteiger partial charge in [-0.15, -0.1) is 0 Å². The number of rotatable bonds is 4. The molecule has 0 aliphatic heterocycles. The van der Waals surface area contributed by atoms with E-state index in [1.165, 1.54) is 38.5 Å². The molecule has 0 amide bonds. The first-order chi connectivity index (χ1) is 7.20. The fraction of sp³-hybridized carbons (Fsp3) is 1.00. The highest BCUT2D eigenvalue weighted by atomic mass is 15.0. The molecule has 0 saturated heterocycles. The maximum Gasteiger partial charge on any atom is 0.0262 e. The molecule has 3 atom stereocenters. The van der Waals surface area contributed by atoms with Crippen LogP contribution in [0.1, 0.15) is 59.3 Å². The highest BCUT2D eigenvalue weighted by Gasteiger charge is 2.63. The molecule has 2 rings (SSSR count). The Morgan fingerprint density at radius 2 is 1.60 bits per heavy atom. The fourth-order valence-electron chi connectivity index (χ4n) is 5.43. The molecular formula is C14H27N. The van der Waals surface area contributed by atoms with Gasteiger partial charge in [0.15, 0.2) is 0 Å². The first-order valence-corrected chi connectivity index (χ1v) is 6.89. The second-order valence-corrected chi connectivity index (χ2v) is 5.65. The van der Waals surface area contributed by atoms with E-state index in [-0.39, 0.29) is 0 Å². The van der Waals surface area contributed by atoms with Gasteiger partial charge < -0.3 is 5.32 Å². The van der Waals surface area contributed by atoms with E-state index in [0.29, 0.717) is 11.0 Å². The van der Waals surface area contributed by atoms with Gasteiger partial charge in [0, 0.05) is 5.54 Å². The Hall–Kier alpha value is -0.0400. The summed E-state index contributed by atoms with van der Waals surface area (Å²) in [5.41, 5.74) is 1.05. The van der Waals surface area contributed by atoms with E-state index in [9.17, 15) is 0 Å². The Balaban J connectivity index is 2.41. The van der Waals surface area contributed by atoms with Gasteiger partial charge in [0.05, 0.1) is 0 Å². The van der Waals surface area contributed by atoms with Crippen LogP contribution in [0.2, 0.25) is 0 Å². The molecule has 1 N–H and O–H groups in total. The third-order valence-corrected chi connectivity index (χ3v) is 6.07. The first kappa shape index (κ1) is 11.4. The molecule has 2 bridgehead atoms. The van der Waals surface area contributed by atoms with Crippen molar-refractivity contribution in [3.63, 3.8) is 0 Å². The van der Waals surface area contributed by atoms with Crippen LogP contribution >= 0.6 is 0 Å². The van der Waals surface area contributed by atoms with Crippen molar-refractivity contribution in [2.45, 2.75) is 64.8 Å². The fourth-order valence-corrected chi connectivity index (χ4v) is 5.43. The van der Waals surface area contributed by atoms with Crippen molar-refractivity contribution < 1.29 is 0 Å². The van der Waals surface area contributed by atoms with Crippen molar-refractivity contribution in [1.29, 1.82) is 0 Å². The maximum absolute atomic E-state index is 3.75. The molecule has 0 aromatic rings. The molecule has 0 heterocycles. The van der Waals surface area contributed by atoms with Gasteiger partial charge in [0.1, 0.15) is 0 Å². The van der Waals surface area contributed by atoms with Crippen molar-refractivity contribution in [2.24, 2.45) is 17.3 Å². The highest BCUT2D eigenvalue weighted by molar-refractivity contribution is 5.17. The lowest BCUT2D eigenvalue weighted by Crippen LogP contribution is -2.60. The lowest BCUT2D eigenvalue weighted by atomic mass is 9.57. The Morgan fingerprint density at radius 3 is 2.00 bits per heavy atom. The van der Waals surface area contributed by atoms with Crippen molar-refractivity contribution in [1.82, 2.24) is 5.32 Å². The summed E-state index contributed by atoms with van der Waals surface area (Å²) in [6.07, 6.45) is 8.50. The van der Waals surface area contributed by atoms with Gasteiger partial charge in [-0.2, -0.15) is 0 Å². The summed E-state index contributed by atoms with van der Waals surface area (Å²) >= 11 is 0. The lowest BCUT2D eigenvalue weighted by molar-refractivity contribution is 0.0115. The van der Waals surface area contributed by atoms with E-state index in [0.717, 1.165) is 11.8 Å². The highest BCUT2D eigenvalue weighted by Crippen LogP contribution is 2.65. The normalized spacial score (nSPS) is 42.4. The molecule has 3 unspecified atom stereocenters. The summed E-state index contributed by atoms with van der Waals surface area (Å²) in [4.78, 5) is 0. The van der Waals surface area contributed by atoms with Gasteiger partial charge in [0.25, 0.3) is 0 Å². The van der Waals surface area contributed by atoms with Crippen molar-refractivity contribution in [3.05, 3.63) is 0 Å². The predicted molar refractivity (Wildman–Crippen MR) is 65.9 cm³/mol. The van der Waals surface area contributed by atoms with Gasteiger partial charge in [-0.3, -0.25) is 0 Å². The average molecular weight is 209 g/mol. The van der Waals surface area contributed by atoms with E-state index in [1.807, 2.05) is 0 Å². The van der Waals surface area contributed by atoms with Crippen LogP contribution in [-0.2, 0) is 0 Å². The van der Waals surface area contributed by atoms with E-state index in [1.54, 1.807) is 0 Å². The van der Waals surface area contributed by atoms with E-state index >= 15 is 0 Å². The summed E-state index contributed by atoms with van der Waals surface area (Å²) in [6.45, 7) is 7.20. The molecule has 1 heteroatoms. The second kappa shape index (κ2) is 3.76. The molecule has 2 fully saturated rings. The van der Waals surface area contributed by atoms with Crippen LogP contribution in [0, 0.1) is 17.3 Å². The third kappa shape index (κ3) is 1.13. The van der Waals surface area contributed by atoms with Gasteiger partial charge in [-0.25, -0.2) is 0 Å². The van der Waals surface area contributed by atoms with Gasteiger partial charge in [-0.05, 0) is 62.8 Å². The zero-order valence-electron chi connectivity index (χ0n) is 10.9. The molecule has 2 aliphatic rings. The maximum atomic E-state index is 3.75. The molecule has 2 aliphatic carbocycles. The van der Waals surface area contributed by atoms with Crippen molar-refractivity contribution >= 4 is 0 Å². The van der Waals surface area contributed by atoms with Crippen LogP contribution < -0.4 is 5.32 Å². The van der Waals surface area contributed by atoms with E-state index < -0.39 is 0 Å². The summed E-state index contributed by atoms with van der Waals surface area (Å²) in [5.74, 6) is 1.96. The average Bonchev–Trinajstić information content (AvgIpc) is 2.85. The van der Waals surface area contributed by atoms with E-state index in [2.05, 4.69) is 33.1 Å². The second-order valence-electron chi connectivity index (χ2n) is 5.65. The molecule has 15 heavy (non-hydrogen) atoms. The van der Waals surface area contributed by atoms with Crippen molar-refractivity contribution in [2.75, 3.05) is 7.05 Å². The number of hydrogen-bond donors (Lipinski definition) is 1. The largest absolute Gasteiger partial charge is 0.313 e. The Bertz CT molecular complexity index is 201. The van der Waals surface area contributed by atoms with E-state index in [4.69, 9.17) is 0 Å². The summed E-state index contributed by atoms with van der Waals surface area (Å²) in [5, 5.41) is 3.75. The topological polar surface area (TPSA) is 12.0 Å². The number of fused-ring (bicyclic) bond motifs is 2. The van der Waals surface area contributed by atoms with Crippen LogP contribution in [0.25, 0.3) is 0 Å². The smallest absolute Gasteiger partial charge is 0.0262 e. The van der Waals surface area contributed by atoms with Crippen LogP contribution in [-0.4, -0.2) is 12.6 Å². The zero-order chi connectivity index (χ0) is 11.1. The summed E-state index contributed by atoms with van der Waals surface area (Å²) in [7, 11) is 2.20. The monoisotopic (exact) mass is 209 g/mol. The lowest BCUT2D eigenvalue weighted by Gasteiger charge is -2.53. The van der Waals surface area contributed by atoms with Crippen LogP contribution in [0.15, 0.2) is 0 Å². The number of nitrogens with one attached hydrogen (secondary N) is 1. The Morgan fingerprint density at radius 1 is 1.00 bits per heavy atom. The minimum absolute atomic E-state index is 0.458. The molecule has 1 nitrogen and oxygen atoms in total. The molecule has 0 spiro atoms. The Kier molecular flexibility index (Phi) is 2.87. The van der Waals surface area contributed by atoms with Gasteiger partial charge in [0.2, 0.25) is 0 Å². The molecule has 2 saturated carbocycles. The predicted octanol–water partition coefficient (Wildman–Crippen LogP) is 3.59. The quantitative estimate of drug-likeness (QED) is 0.746. The third-order valence-electron chi connectivity index (χ3n) is 6.07. The standard InChI is InChI=1S/C14H27N/c1-5-13(6-2)11-8-9-12(10-11)14(13,7-3)15-4/h11-12,15H,5-10H2,1-4H3. The van der Waals surface area contributed by atoms with Crippen molar-refractivity contribution in [3.8, 4) is 0 Å². The Labute approximate surface area is 95.0 Å². The van der Waals surface area contributed by atoms with Gasteiger partial charge in [-0.1, -0.05) is 20.8 Å². The molecule has 0 aromatic carbocycles.